The second kappa shape index (κ2) is 8.30. The maximum atomic E-state index is 12.6. The van der Waals surface area contributed by atoms with E-state index in [2.05, 4.69) is 24.0 Å². The van der Waals surface area contributed by atoms with Crippen LogP contribution in [0.15, 0.2) is 24.3 Å². The van der Waals surface area contributed by atoms with Gasteiger partial charge in [-0.15, -0.1) is 0 Å². The van der Waals surface area contributed by atoms with Gasteiger partial charge in [-0.1, -0.05) is 29.8 Å². The van der Waals surface area contributed by atoms with Gasteiger partial charge < -0.3 is 14.5 Å². The van der Waals surface area contributed by atoms with E-state index in [9.17, 15) is 4.79 Å². The van der Waals surface area contributed by atoms with Crippen LogP contribution in [0, 0.1) is 6.92 Å². The smallest absolute Gasteiger partial charge is 0.227 e. The highest BCUT2D eigenvalue weighted by Crippen LogP contribution is 2.14. The molecule has 4 nitrogen and oxygen atoms in total. The van der Waals surface area contributed by atoms with E-state index in [1.54, 1.807) is 0 Å². The van der Waals surface area contributed by atoms with Gasteiger partial charge in [0, 0.05) is 26.2 Å². The third-order valence-electron chi connectivity index (χ3n) is 4.09. The van der Waals surface area contributed by atoms with Crippen molar-refractivity contribution in [2.75, 3.05) is 40.3 Å². The predicted octanol–water partition coefficient (Wildman–Crippen LogP) is 2.11. The molecule has 1 aromatic rings. The van der Waals surface area contributed by atoms with E-state index in [4.69, 9.17) is 4.74 Å². The SMILES string of the molecule is Cc1ccc(CC(=O)N(CCN(C)C)C[C@H]2CCCO2)cc1. The molecule has 1 fully saturated rings. The molecule has 0 unspecified atom stereocenters. The van der Waals surface area contributed by atoms with Gasteiger partial charge in [0.05, 0.1) is 12.5 Å². The van der Waals surface area contributed by atoms with Crippen LogP contribution in [0.25, 0.3) is 0 Å². The molecule has 1 amide bonds. The topological polar surface area (TPSA) is 32.8 Å². The molecule has 1 aromatic carbocycles. The highest BCUT2D eigenvalue weighted by atomic mass is 16.5. The van der Waals surface area contributed by atoms with Crippen molar-refractivity contribution in [3.05, 3.63) is 35.4 Å². The Morgan fingerprint density at radius 3 is 2.55 bits per heavy atom. The van der Waals surface area contributed by atoms with Gasteiger partial charge in [-0.3, -0.25) is 4.79 Å². The molecule has 1 heterocycles. The number of hydrogen-bond donors (Lipinski definition) is 0. The zero-order chi connectivity index (χ0) is 15.9. The van der Waals surface area contributed by atoms with Crippen molar-refractivity contribution in [3.8, 4) is 0 Å². The number of carbonyl (C=O) groups excluding carboxylic acids is 1. The van der Waals surface area contributed by atoms with Crippen molar-refractivity contribution < 1.29 is 9.53 Å². The first-order valence-electron chi connectivity index (χ1n) is 8.14. The van der Waals surface area contributed by atoms with Crippen molar-refractivity contribution in [2.24, 2.45) is 0 Å². The molecule has 0 aliphatic carbocycles. The number of benzene rings is 1. The van der Waals surface area contributed by atoms with Gasteiger partial charge in [-0.2, -0.15) is 0 Å². The molecule has 22 heavy (non-hydrogen) atoms. The van der Waals surface area contributed by atoms with E-state index in [1.165, 1.54) is 5.56 Å². The molecule has 0 saturated carbocycles. The lowest BCUT2D eigenvalue weighted by Gasteiger charge is -2.27. The number of hydrogen-bond acceptors (Lipinski definition) is 3. The summed E-state index contributed by atoms with van der Waals surface area (Å²) in [6, 6.07) is 8.21. The van der Waals surface area contributed by atoms with Crippen LogP contribution in [-0.2, 0) is 16.0 Å². The number of likely N-dealkylation sites (N-methyl/N-ethyl adjacent to an activating group) is 1. The van der Waals surface area contributed by atoms with E-state index in [1.807, 2.05) is 31.1 Å². The minimum Gasteiger partial charge on any atom is -0.376 e. The van der Waals surface area contributed by atoms with Gasteiger partial charge in [-0.25, -0.2) is 0 Å². The Morgan fingerprint density at radius 2 is 1.95 bits per heavy atom. The first kappa shape index (κ1) is 17.0. The van der Waals surface area contributed by atoms with Gasteiger partial charge in [0.25, 0.3) is 0 Å². The Morgan fingerprint density at radius 1 is 1.23 bits per heavy atom. The van der Waals surface area contributed by atoms with Crippen LogP contribution in [0.3, 0.4) is 0 Å². The predicted molar refractivity (Wildman–Crippen MR) is 89.0 cm³/mol. The summed E-state index contributed by atoms with van der Waals surface area (Å²) in [5, 5.41) is 0. The monoisotopic (exact) mass is 304 g/mol. The number of amides is 1. The summed E-state index contributed by atoms with van der Waals surface area (Å²) in [5.74, 6) is 0.196. The van der Waals surface area contributed by atoms with Gasteiger partial charge in [0.1, 0.15) is 0 Å². The third-order valence-corrected chi connectivity index (χ3v) is 4.09. The minimum absolute atomic E-state index is 0.196. The Kier molecular flexibility index (Phi) is 6.40. The van der Waals surface area contributed by atoms with Gasteiger partial charge >= 0.3 is 0 Å². The largest absolute Gasteiger partial charge is 0.376 e. The molecule has 1 saturated heterocycles. The number of ether oxygens (including phenoxy) is 1. The molecule has 1 aliphatic rings. The lowest BCUT2D eigenvalue weighted by Crippen LogP contribution is -2.42. The van der Waals surface area contributed by atoms with Crippen LogP contribution < -0.4 is 0 Å². The summed E-state index contributed by atoms with van der Waals surface area (Å²) < 4.78 is 5.70. The van der Waals surface area contributed by atoms with E-state index in [0.29, 0.717) is 6.42 Å². The fourth-order valence-electron chi connectivity index (χ4n) is 2.67. The maximum absolute atomic E-state index is 12.6. The number of carbonyl (C=O) groups is 1. The van der Waals surface area contributed by atoms with Crippen molar-refractivity contribution in [3.63, 3.8) is 0 Å². The average Bonchev–Trinajstić information content (AvgIpc) is 2.98. The molecule has 122 valence electrons. The molecule has 1 aliphatic heterocycles. The van der Waals surface area contributed by atoms with Crippen molar-refractivity contribution in [2.45, 2.75) is 32.3 Å². The second-order valence-corrected chi connectivity index (χ2v) is 6.44. The van der Waals surface area contributed by atoms with E-state index >= 15 is 0 Å². The Hall–Kier alpha value is -1.39. The number of rotatable bonds is 7. The lowest BCUT2D eigenvalue weighted by molar-refractivity contribution is -0.132. The van der Waals surface area contributed by atoms with Crippen molar-refractivity contribution in [1.29, 1.82) is 0 Å². The fraction of sp³-hybridized carbons (Fsp3) is 0.611. The summed E-state index contributed by atoms with van der Waals surface area (Å²) in [4.78, 5) is 16.7. The van der Waals surface area contributed by atoms with Crippen molar-refractivity contribution in [1.82, 2.24) is 9.80 Å². The summed E-state index contributed by atoms with van der Waals surface area (Å²) in [7, 11) is 4.07. The first-order chi connectivity index (χ1) is 10.5. The molecule has 0 radical (unpaired) electrons. The Labute approximate surface area is 134 Å². The van der Waals surface area contributed by atoms with Crippen LogP contribution in [0.2, 0.25) is 0 Å². The molecule has 0 N–H and O–H groups in total. The van der Waals surface area contributed by atoms with E-state index in [0.717, 1.165) is 44.6 Å². The molecule has 0 bridgehead atoms. The molecule has 2 rings (SSSR count). The average molecular weight is 304 g/mol. The van der Waals surface area contributed by atoms with Crippen LogP contribution in [0.1, 0.15) is 24.0 Å². The summed E-state index contributed by atoms with van der Waals surface area (Å²) in [6.45, 7) is 5.26. The Bertz CT molecular complexity index is 464. The highest BCUT2D eigenvalue weighted by molar-refractivity contribution is 5.78. The third kappa shape index (κ3) is 5.43. The zero-order valence-electron chi connectivity index (χ0n) is 14.0. The minimum atomic E-state index is 0.196. The molecular formula is C18H28N2O2. The quantitative estimate of drug-likeness (QED) is 0.773. The number of aryl methyl sites for hydroxylation is 1. The summed E-state index contributed by atoms with van der Waals surface area (Å²) in [6.07, 6.45) is 2.86. The van der Waals surface area contributed by atoms with E-state index < -0.39 is 0 Å². The second-order valence-electron chi connectivity index (χ2n) is 6.44. The normalized spacial score (nSPS) is 17.9. The molecular weight excluding hydrogens is 276 g/mol. The standard InChI is InChI=1S/C18H28N2O2/c1-15-6-8-16(9-7-15)13-18(21)20(11-10-19(2)3)14-17-5-4-12-22-17/h6-9,17H,4-5,10-14H2,1-3H3/t17-/m1/s1. The first-order valence-corrected chi connectivity index (χ1v) is 8.14. The van der Waals surface area contributed by atoms with Crippen LogP contribution in [0.5, 0.6) is 0 Å². The van der Waals surface area contributed by atoms with Gasteiger partial charge in [0.2, 0.25) is 5.91 Å². The van der Waals surface area contributed by atoms with Crippen LogP contribution in [-0.4, -0.2) is 62.1 Å². The molecule has 1 atom stereocenters. The molecule has 0 aromatic heterocycles. The maximum Gasteiger partial charge on any atom is 0.227 e. The summed E-state index contributed by atoms with van der Waals surface area (Å²) >= 11 is 0. The fourth-order valence-corrected chi connectivity index (χ4v) is 2.67. The van der Waals surface area contributed by atoms with Crippen LogP contribution in [0.4, 0.5) is 0 Å². The van der Waals surface area contributed by atoms with Gasteiger partial charge in [0.15, 0.2) is 0 Å². The van der Waals surface area contributed by atoms with Gasteiger partial charge in [-0.05, 0) is 39.4 Å². The van der Waals surface area contributed by atoms with Crippen LogP contribution >= 0.6 is 0 Å². The lowest BCUT2D eigenvalue weighted by atomic mass is 10.1. The Balaban J connectivity index is 1.95. The summed E-state index contributed by atoms with van der Waals surface area (Å²) in [5.41, 5.74) is 2.30. The number of nitrogens with zero attached hydrogens (tertiary/aromatic N) is 2. The van der Waals surface area contributed by atoms with Crippen molar-refractivity contribution >= 4 is 5.91 Å². The molecule has 4 heteroatoms. The molecule has 0 spiro atoms. The highest BCUT2D eigenvalue weighted by Gasteiger charge is 2.22. The zero-order valence-corrected chi connectivity index (χ0v) is 14.0. The van der Waals surface area contributed by atoms with E-state index in [-0.39, 0.29) is 12.0 Å².